The Kier molecular flexibility index (Phi) is 7.09. The summed E-state index contributed by atoms with van der Waals surface area (Å²) in [5, 5.41) is 20.7. The first-order valence-corrected chi connectivity index (χ1v) is 9.72. The van der Waals surface area contributed by atoms with E-state index in [-0.39, 0.29) is 18.0 Å². The number of anilines is 1. The van der Waals surface area contributed by atoms with Crippen molar-refractivity contribution in [2.75, 3.05) is 18.4 Å². The molecule has 0 saturated carbocycles. The number of para-hydroxylation sites is 2. The fourth-order valence-electron chi connectivity index (χ4n) is 2.85. The summed E-state index contributed by atoms with van der Waals surface area (Å²) in [4.78, 5) is 26.9. The van der Waals surface area contributed by atoms with Crippen LogP contribution < -0.4 is 10.6 Å². The molecule has 1 heterocycles. The molecule has 30 heavy (non-hydrogen) atoms. The minimum atomic E-state index is -0.447. The van der Waals surface area contributed by atoms with Crippen LogP contribution in [0.25, 0.3) is 11.4 Å². The molecule has 0 aliphatic heterocycles. The van der Waals surface area contributed by atoms with E-state index < -0.39 is 4.92 Å². The predicted molar refractivity (Wildman–Crippen MR) is 112 cm³/mol. The van der Waals surface area contributed by atoms with Crippen LogP contribution in [0.15, 0.2) is 53.1 Å². The highest BCUT2D eigenvalue weighted by Crippen LogP contribution is 2.22. The number of nitro groups is 1. The Morgan fingerprint density at radius 2 is 1.90 bits per heavy atom. The standard InChI is InChI=1S/C21H23N5O4/c1-2-15-7-9-16(10-8-15)21-24-20(30-25-21)12-11-19(27)23-14-13-22-17-5-3-4-6-18(17)26(28)29/h3-10,22H,2,11-14H2,1H3,(H,23,27). The van der Waals surface area contributed by atoms with Crippen LogP contribution in [-0.4, -0.2) is 34.1 Å². The van der Waals surface area contributed by atoms with Gasteiger partial charge in [0.15, 0.2) is 0 Å². The molecule has 1 aromatic heterocycles. The number of nitrogens with zero attached hydrogens (tertiary/aromatic N) is 3. The third kappa shape index (κ3) is 5.63. The summed E-state index contributed by atoms with van der Waals surface area (Å²) in [7, 11) is 0. The van der Waals surface area contributed by atoms with Crippen molar-refractivity contribution in [1.29, 1.82) is 0 Å². The lowest BCUT2D eigenvalue weighted by molar-refractivity contribution is -0.384. The molecule has 2 aromatic carbocycles. The van der Waals surface area contributed by atoms with Crippen molar-refractivity contribution < 1.29 is 14.2 Å². The topological polar surface area (TPSA) is 123 Å². The van der Waals surface area contributed by atoms with E-state index in [1.54, 1.807) is 18.2 Å². The van der Waals surface area contributed by atoms with Crippen molar-refractivity contribution in [3.05, 3.63) is 70.1 Å². The van der Waals surface area contributed by atoms with Crippen LogP contribution in [0.1, 0.15) is 24.8 Å². The number of aryl methyl sites for hydroxylation is 2. The van der Waals surface area contributed by atoms with Crippen molar-refractivity contribution in [2.45, 2.75) is 26.2 Å². The Labute approximate surface area is 173 Å². The molecular formula is C21H23N5O4. The summed E-state index contributed by atoms with van der Waals surface area (Å²) in [5.41, 5.74) is 2.52. The Morgan fingerprint density at radius 3 is 2.63 bits per heavy atom. The van der Waals surface area contributed by atoms with Gasteiger partial charge in [0.05, 0.1) is 4.92 Å². The lowest BCUT2D eigenvalue weighted by Gasteiger charge is -2.08. The second-order valence-electron chi connectivity index (χ2n) is 6.61. The zero-order valence-corrected chi connectivity index (χ0v) is 16.6. The van der Waals surface area contributed by atoms with E-state index in [1.807, 2.05) is 24.3 Å². The number of benzene rings is 2. The van der Waals surface area contributed by atoms with E-state index >= 15 is 0 Å². The van der Waals surface area contributed by atoms with Crippen LogP contribution in [0.4, 0.5) is 11.4 Å². The summed E-state index contributed by atoms with van der Waals surface area (Å²) in [6.07, 6.45) is 1.51. The molecule has 2 N–H and O–H groups in total. The monoisotopic (exact) mass is 409 g/mol. The van der Waals surface area contributed by atoms with Gasteiger partial charge in [-0.25, -0.2) is 0 Å². The Morgan fingerprint density at radius 1 is 1.13 bits per heavy atom. The average molecular weight is 409 g/mol. The van der Waals surface area contributed by atoms with Gasteiger partial charge in [-0.05, 0) is 18.1 Å². The summed E-state index contributed by atoms with van der Waals surface area (Å²) in [5.74, 6) is 0.742. The number of hydrogen-bond donors (Lipinski definition) is 2. The fraction of sp³-hybridized carbons (Fsp3) is 0.286. The van der Waals surface area contributed by atoms with Gasteiger partial charge in [-0.3, -0.25) is 14.9 Å². The Hall–Kier alpha value is -3.75. The first-order chi connectivity index (χ1) is 14.6. The van der Waals surface area contributed by atoms with E-state index in [2.05, 4.69) is 27.7 Å². The maximum absolute atomic E-state index is 12.0. The number of nitrogens with one attached hydrogen (secondary N) is 2. The normalized spacial score (nSPS) is 10.6. The molecule has 0 aliphatic rings. The third-order valence-electron chi connectivity index (χ3n) is 4.52. The number of aromatic nitrogens is 2. The molecule has 0 radical (unpaired) electrons. The van der Waals surface area contributed by atoms with E-state index in [0.29, 0.717) is 36.9 Å². The van der Waals surface area contributed by atoms with Crippen molar-refractivity contribution in [3.63, 3.8) is 0 Å². The van der Waals surface area contributed by atoms with Gasteiger partial charge in [0.2, 0.25) is 17.6 Å². The first kappa shape index (κ1) is 21.0. The molecule has 0 aliphatic carbocycles. The molecule has 0 fully saturated rings. The average Bonchev–Trinajstić information content (AvgIpc) is 3.24. The molecule has 9 nitrogen and oxygen atoms in total. The largest absolute Gasteiger partial charge is 0.378 e. The Balaban J connectivity index is 1.41. The maximum atomic E-state index is 12.0. The predicted octanol–water partition coefficient (Wildman–Crippen LogP) is 3.37. The lowest BCUT2D eigenvalue weighted by atomic mass is 10.1. The van der Waals surface area contributed by atoms with Gasteiger partial charge in [0.25, 0.3) is 5.69 Å². The zero-order chi connectivity index (χ0) is 21.3. The summed E-state index contributed by atoms with van der Waals surface area (Å²) in [6.45, 7) is 2.80. The minimum absolute atomic E-state index is 0.000332. The molecule has 3 rings (SSSR count). The summed E-state index contributed by atoms with van der Waals surface area (Å²) >= 11 is 0. The lowest BCUT2D eigenvalue weighted by Crippen LogP contribution is -2.29. The van der Waals surface area contributed by atoms with Gasteiger partial charge in [0, 0.05) is 37.6 Å². The van der Waals surface area contributed by atoms with Gasteiger partial charge < -0.3 is 15.2 Å². The maximum Gasteiger partial charge on any atom is 0.292 e. The molecule has 0 spiro atoms. The molecule has 1 amide bonds. The number of nitro benzene ring substituents is 1. The molecule has 0 atom stereocenters. The molecule has 156 valence electrons. The molecule has 9 heteroatoms. The SMILES string of the molecule is CCc1ccc(-c2noc(CCC(=O)NCCNc3ccccc3[N+](=O)[O-])n2)cc1. The smallest absolute Gasteiger partial charge is 0.292 e. The summed E-state index contributed by atoms with van der Waals surface area (Å²) in [6, 6.07) is 14.3. The molecule has 3 aromatic rings. The highest BCUT2D eigenvalue weighted by molar-refractivity contribution is 5.76. The van der Waals surface area contributed by atoms with Crippen LogP contribution >= 0.6 is 0 Å². The van der Waals surface area contributed by atoms with E-state index in [9.17, 15) is 14.9 Å². The fourth-order valence-corrected chi connectivity index (χ4v) is 2.85. The highest BCUT2D eigenvalue weighted by atomic mass is 16.6. The van der Waals surface area contributed by atoms with Crippen molar-refractivity contribution >= 4 is 17.3 Å². The molecule has 0 unspecified atom stereocenters. The van der Waals surface area contributed by atoms with Gasteiger partial charge in [-0.2, -0.15) is 4.98 Å². The van der Waals surface area contributed by atoms with Crippen molar-refractivity contribution in [2.24, 2.45) is 0 Å². The van der Waals surface area contributed by atoms with Crippen LogP contribution in [0, 0.1) is 10.1 Å². The Bertz CT molecular complexity index is 1000. The van der Waals surface area contributed by atoms with Crippen LogP contribution in [0.5, 0.6) is 0 Å². The number of carbonyl (C=O) groups is 1. The quantitative estimate of drug-likeness (QED) is 0.299. The minimum Gasteiger partial charge on any atom is -0.378 e. The molecule has 0 bridgehead atoms. The molecular weight excluding hydrogens is 386 g/mol. The van der Waals surface area contributed by atoms with Crippen molar-refractivity contribution in [1.82, 2.24) is 15.5 Å². The van der Waals surface area contributed by atoms with Gasteiger partial charge >= 0.3 is 0 Å². The van der Waals surface area contributed by atoms with Crippen LogP contribution in [0.3, 0.4) is 0 Å². The molecule has 0 saturated heterocycles. The summed E-state index contributed by atoms with van der Waals surface area (Å²) < 4.78 is 5.23. The van der Waals surface area contributed by atoms with Crippen LogP contribution in [-0.2, 0) is 17.6 Å². The number of hydrogen-bond acceptors (Lipinski definition) is 7. The number of rotatable bonds is 10. The van der Waals surface area contributed by atoms with Gasteiger partial charge in [0.1, 0.15) is 5.69 Å². The number of carbonyl (C=O) groups excluding carboxylic acids is 1. The number of amides is 1. The van der Waals surface area contributed by atoms with Crippen LogP contribution in [0.2, 0.25) is 0 Å². The van der Waals surface area contributed by atoms with Gasteiger partial charge in [-0.1, -0.05) is 48.5 Å². The second-order valence-corrected chi connectivity index (χ2v) is 6.61. The van der Waals surface area contributed by atoms with E-state index in [1.165, 1.54) is 11.6 Å². The van der Waals surface area contributed by atoms with E-state index in [4.69, 9.17) is 4.52 Å². The first-order valence-electron chi connectivity index (χ1n) is 9.72. The highest BCUT2D eigenvalue weighted by Gasteiger charge is 2.12. The third-order valence-corrected chi connectivity index (χ3v) is 4.52. The zero-order valence-electron chi connectivity index (χ0n) is 16.6. The van der Waals surface area contributed by atoms with E-state index in [0.717, 1.165) is 12.0 Å². The van der Waals surface area contributed by atoms with Crippen molar-refractivity contribution in [3.8, 4) is 11.4 Å². The van der Waals surface area contributed by atoms with Gasteiger partial charge in [-0.15, -0.1) is 0 Å². The second kappa shape index (κ2) is 10.1.